The van der Waals surface area contributed by atoms with Gasteiger partial charge < -0.3 is 10.1 Å². The first kappa shape index (κ1) is 14.0. The summed E-state index contributed by atoms with van der Waals surface area (Å²) < 4.78 is 5.30. The second kappa shape index (κ2) is 6.22. The van der Waals surface area contributed by atoms with Crippen molar-refractivity contribution >= 4 is 0 Å². The second-order valence-corrected chi connectivity index (χ2v) is 5.33. The maximum Gasteiger partial charge on any atom is 0.159 e. The molecule has 1 N–H and O–H groups in total. The first-order valence-electron chi connectivity index (χ1n) is 7.55. The molecule has 1 aliphatic rings. The Morgan fingerprint density at radius 3 is 3.00 bits per heavy atom. The van der Waals surface area contributed by atoms with Crippen LogP contribution >= 0.6 is 0 Å². The SMILES string of the molecule is CCCc1nc(-c2cccc(OC)c2)nc2c1CNCC2. The molecule has 1 aromatic heterocycles. The molecule has 0 aliphatic carbocycles. The average Bonchev–Trinajstić information content (AvgIpc) is 2.55. The lowest BCUT2D eigenvalue weighted by Gasteiger charge is -2.20. The van der Waals surface area contributed by atoms with Crippen molar-refractivity contribution in [3.05, 3.63) is 41.2 Å². The molecular formula is C17H21N3O. The smallest absolute Gasteiger partial charge is 0.159 e. The van der Waals surface area contributed by atoms with Gasteiger partial charge in [-0.2, -0.15) is 0 Å². The number of aromatic nitrogens is 2. The molecule has 110 valence electrons. The lowest BCUT2D eigenvalue weighted by molar-refractivity contribution is 0.415. The van der Waals surface area contributed by atoms with Crippen LogP contribution in [0.1, 0.15) is 30.3 Å². The fraction of sp³-hybridized carbons (Fsp3) is 0.412. The number of ether oxygens (including phenoxy) is 1. The first-order chi connectivity index (χ1) is 10.3. The zero-order chi connectivity index (χ0) is 14.7. The third-order valence-corrected chi connectivity index (χ3v) is 3.83. The van der Waals surface area contributed by atoms with Crippen LogP contribution in [0.3, 0.4) is 0 Å². The van der Waals surface area contributed by atoms with Gasteiger partial charge in [0.2, 0.25) is 0 Å². The molecule has 4 nitrogen and oxygen atoms in total. The standard InChI is InChI=1S/C17H21N3O/c1-3-5-15-14-11-18-9-8-16(14)20-17(19-15)12-6-4-7-13(10-12)21-2/h4,6-7,10,18H,3,5,8-9,11H2,1-2H3. The highest BCUT2D eigenvalue weighted by atomic mass is 16.5. The third-order valence-electron chi connectivity index (χ3n) is 3.83. The summed E-state index contributed by atoms with van der Waals surface area (Å²) in [5.74, 6) is 1.66. The summed E-state index contributed by atoms with van der Waals surface area (Å²) >= 11 is 0. The highest BCUT2D eigenvalue weighted by molar-refractivity contribution is 5.58. The van der Waals surface area contributed by atoms with Crippen molar-refractivity contribution in [3.63, 3.8) is 0 Å². The van der Waals surface area contributed by atoms with Gasteiger partial charge in [-0.05, 0) is 18.6 Å². The molecule has 0 unspecified atom stereocenters. The van der Waals surface area contributed by atoms with Gasteiger partial charge in [0.05, 0.1) is 12.8 Å². The minimum absolute atomic E-state index is 0.818. The summed E-state index contributed by atoms with van der Waals surface area (Å²) in [6, 6.07) is 7.97. The Morgan fingerprint density at radius 2 is 2.19 bits per heavy atom. The van der Waals surface area contributed by atoms with E-state index in [9.17, 15) is 0 Å². The number of aryl methyl sites for hydroxylation is 1. The number of fused-ring (bicyclic) bond motifs is 1. The molecule has 21 heavy (non-hydrogen) atoms. The van der Waals surface area contributed by atoms with Crippen LogP contribution in [0.4, 0.5) is 0 Å². The molecule has 0 atom stereocenters. The van der Waals surface area contributed by atoms with E-state index in [2.05, 4.69) is 12.2 Å². The predicted octanol–water partition coefficient (Wildman–Crippen LogP) is 2.75. The number of nitrogens with zero attached hydrogens (tertiary/aromatic N) is 2. The molecular weight excluding hydrogens is 262 g/mol. The normalized spacial score (nSPS) is 13.8. The molecule has 2 heterocycles. The van der Waals surface area contributed by atoms with E-state index in [-0.39, 0.29) is 0 Å². The topological polar surface area (TPSA) is 47.0 Å². The maximum atomic E-state index is 5.30. The van der Waals surface area contributed by atoms with Gasteiger partial charge in [0, 0.05) is 36.3 Å². The molecule has 0 radical (unpaired) electrons. The molecule has 3 rings (SSSR count). The van der Waals surface area contributed by atoms with Gasteiger partial charge in [-0.25, -0.2) is 9.97 Å². The van der Waals surface area contributed by atoms with Gasteiger partial charge in [-0.15, -0.1) is 0 Å². The zero-order valence-electron chi connectivity index (χ0n) is 12.6. The van der Waals surface area contributed by atoms with Crippen LogP contribution in [-0.4, -0.2) is 23.6 Å². The summed E-state index contributed by atoms with van der Waals surface area (Å²) in [6.45, 7) is 4.08. The van der Waals surface area contributed by atoms with Crippen molar-refractivity contribution in [3.8, 4) is 17.1 Å². The van der Waals surface area contributed by atoms with E-state index in [4.69, 9.17) is 14.7 Å². The summed E-state index contributed by atoms with van der Waals surface area (Å²) in [5, 5.41) is 3.42. The van der Waals surface area contributed by atoms with Gasteiger partial charge in [0.1, 0.15) is 5.75 Å². The lowest BCUT2D eigenvalue weighted by atomic mass is 10.0. The van der Waals surface area contributed by atoms with Crippen molar-refractivity contribution in [1.29, 1.82) is 0 Å². The number of hydrogen-bond donors (Lipinski definition) is 1. The Kier molecular flexibility index (Phi) is 4.15. The summed E-state index contributed by atoms with van der Waals surface area (Å²) in [4.78, 5) is 9.61. The molecule has 2 aromatic rings. The lowest BCUT2D eigenvalue weighted by Crippen LogP contribution is -2.26. The largest absolute Gasteiger partial charge is 0.497 e. The van der Waals surface area contributed by atoms with Crippen LogP contribution < -0.4 is 10.1 Å². The Balaban J connectivity index is 2.07. The van der Waals surface area contributed by atoms with Crippen LogP contribution in [0.25, 0.3) is 11.4 Å². The van der Waals surface area contributed by atoms with Crippen LogP contribution in [0, 0.1) is 0 Å². The van der Waals surface area contributed by atoms with Gasteiger partial charge in [-0.3, -0.25) is 0 Å². The molecule has 0 bridgehead atoms. The van der Waals surface area contributed by atoms with Crippen LogP contribution in [0.5, 0.6) is 5.75 Å². The highest BCUT2D eigenvalue weighted by Crippen LogP contribution is 2.25. The molecule has 0 amide bonds. The molecule has 1 aromatic carbocycles. The minimum atomic E-state index is 0.818. The van der Waals surface area contributed by atoms with E-state index in [1.54, 1.807) is 7.11 Å². The number of methoxy groups -OCH3 is 1. The second-order valence-electron chi connectivity index (χ2n) is 5.33. The fourth-order valence-electron chi connectivity index (χ4n) is 2.75. The average molecular weight is 283 g/mol. The van der Waals surface area contributed by atoms with Gasteiger partial charge >= 0.3 is 0 Å². The van der Waals surface area contributed by atoms with Crippen molar-refractivity contribution in [1.82, 2.24) is 15.3 Å². The number of nitrogens with one attached hydrogen (secondary N) is 1. The Bertz CT molecular complexity index is 640. The minimum Gasteiger partial charge on any atom is -0.497 e. The van der Waals surface area contributed by atoms with E-state index in [0.29, 0.717) is 0 Å². The van der Waals surface area contributed by atoms with E-state index in [0.717, 1.165) is 49.5 Å². The first-order valence-corrected chi connectivity index (χ1v) is 7.55. The van der Waals surface area contributed by atoms with Crippen molar-refractivity contribution in [2.75, 3.05) is 13.7 Å². The van der Waals surface area contributed by atoms with Gasteiger partial charge in [-0.1, -0.05) is 25.5 Å². The Morgan fingerprint density at radius 1 is 1.29 bits per heavy atom. The monoisotopic (exact) mass is 283 g/mol. The van der Waals surface area contributed by atoms with Crippen LogP contribution in [0.15, 0.2) is 24.3 Å². The molecule has 0 saturated heterocycles. The number of benzene rings is 1. The van der Waals surface area contributed by atoms with E-state index < -0.39 is 0 Å². The Hall–Kier alpha value is -1.94. The van der Waals surface area contributed by atoms with Crippen molar-refractivity contribution < 1.29 is 4.74 Å². The van der Waals surface area contributed by atoms with Crippen molar-refractivity contribution in [2.45, 2.75) is 32.7 Å². The summed E-state index contributed by atoms with van der Waals surface area (Å²) in [6.07, 6.45) is 3.08. The van der Waals surface area contributed by atoms with E-state index >= 15 is 0 Å². The number of rotatable bonds is 4. The predicted molar refractivity (Wildman–Crippen MR) is 83.4 cm³/mol. The highest BCUT2D eigenvalue weighted by Gasteiger charge is 2.17. The van der Waals surface area contributed by atoms with E-state index in [1.165, 1.54) is 17.0 Å². The van der Waals surface area contributed by atoms with E-state index in [1.807, 2.05) is 24.3 Å². The molecule has 1 aliphatic heterocycles. The summed E-state index contributed by atoms with van der Waals surface area (Å²) in [7, 11) is 1.68. The molecule has 0 saturated carbocycles. The summed E-state index contributed by atoms with van der Waals surface area (Å²) in [5.41, 5.74) is 4.71. The maximum absolute atomic E-state index is 5.30. The van der Waals surface area contributed by atoms with Gasteiger partial charge in [0.25, 0.3) is 0 Å². The fourth-order valence-corrected chi connectivity index (χ4v) is 2.75. The zero-order valence-corrected chi connectivity index (χ0v) is 12.6. The third kappa shape index (κ3) is 2.90. The molecule has 4 heteroatoms. The van der Waals surface area contributed by atoms with Crippen LogP contribution in [0.2, 0.25) is 0 Å². The molecule has 0 spiro atoms. The quantitative estimate of drug-likeness (QED) is 0.937. The van der Waals surface area contributed by atoms with Crippen molar-refractivity contribution in [2.24, 2.45) is 0 Å². The Labute approximate surface area is 125 Å². The molecule has 0 fully saturated rings. The van der Waals surface area contributed by atoms with Gasteiger partial charge in [0.15, 0.2) is 5.82 Å². The van der Waals surface area contributed by atoms with Crippen LogP contribution in [-0.2, 0) is 19.4 Å². The number of hydrogen-bond acceptors (Lipinski definition) is 4.